The first-order valence-corrected chi connectivity index (χ1v) is 8.20. The molecule has 1 aromatic rings. The van der Waals surface area contributed by atoms with Gasteiger partial charge in [0.15, 0.2) is 6.29 Å². The number of rotatable bonds is 4. The number of benzene rings is 1. The highest BCUT2D eigenvalue weighted by molar-refractivity contribution is 5.96. The summed E-state index contributed by atoms with van der Waals surface area (Å²) in [4.78, 5) is 25.3. The van der Waals surface area contributed by atoms with Crippen molar-refractivity contribution in [3.63, 3.8) is 0 Å². The Labute approximate surface area is 147 Å². The van der Waals surface area contributed by atoms with Gasteiger partial charge in [0.1, 0.15) is 17.8 Å². The van der Waals surface area contributed by atoms with Crippen LogP contribution >= 0.6 is 0 Å². The molecule has 2 aliphatic rings. The minimum atomic E-state index is -1.46. The molecule has 2 aliphatic heterocycles. The molecule has 2 fully saturated rings. The van der Waals surface area contributed by atoms with E-state index in [4.69, 9.17) is 4.74 Å². The van der Waals surface area contributed by atoms with Crippen molar-refractivity contribution in [2.24, 2.45) is 0 Å². The first kappa shape index (κ1) is 18.5. The summed E-state index contributed by atoms with van der Waals surface area (Å²) in [6.07, 6.45) is -2.24. The molecular formula is C16H19F3N4O3. The lowest BCUT2D eigenvalue weighted by Gasteiger charge is -2.40. The van der Waals surface area contributed by atoms with Crippen LogP contribution in [0.3, 0.4) is 0 Å². The summed E-state index contributed by atoms with van der Waals surface area (Å²) in [5.41, 5.74) is 0.172. The lowest BCUT2D eigenvalue weighted by molar-refractivity contribution is -0.0102. The molecule has 0 spiro atoms. The number of hydrogen-bond acceptors (Lipinski definition) is 4. The molecule has 3 N–H and O–H groups in total. The van der Waals surface area contributed by atoms with Gasteiger partial charge in [-0.2, -0.15) is 0 Å². The van der Waals surface area contributed by atoms with Crippen molar-refractivity contribution in [1.82, 2.24) is 20.9 Å². The van der Waals surface area contributed by atoms with Crippen molar-refractivity contribution in [3.05, 3.63) is 35.4 Å². The quantitative estimate of drug-likeness (QED) is 0.752. The summed E-state index contributed by atoms with van der Waals surface area (Å²) < 4.78 is 45.8. The number of nitrogens with zero attached hydrogens (tertiary/aromatic N) is 1. The third-order valence-electron chi connectivity index (χ3n) is 4.40. The maximum atomic E-state index is 14.0. The number of amides is 4. The lowest BCUT2D eigenvalue weighted by Crippen LogP contribution is -2.71. The summed E-state index contributed by atoms with van der Waals surface area (Å²) in [6.45, 7) is 1.67. The van der Waals surface area contributed by atoms with Gasteiger partial charge in [-0.25, -0.2) is 27.7 Å². The Bertz CT molecular complexity index is 687. The summed E-state index contributed by atoms with van der Waals surface area (Å²) in [5.74, 6) is -1.45. The van der Waals surface area contributed by atoms with E-state index in [2.05, 4.69) is 16.0 Å². The molecule has 1 aromatic carbocycles. The van der Waals surface area contributed by atoms with Crippen LogP contribution in [-0.4, -0.2) is 48.7 Å². The van der Waals surface area contributed by atoms with E-state index in [0.717, 1.165) is 17.0 Å². The van der Waals surface area contributed by atoms with E-state index in [0.29, 0.717) is 0 Å². The van der Waals surface area contributed by atoms with Gasteiger partial charge in [0.2, 0.25) is 0 Å². The van der Waals surface area contributed by atoms with Gasteiger partial charge in [0.05, 0.1) is 12.6 Å². The molecule has 142 valence electrons. The highest BCUT2D eigenvalue weighted by atomic mass is 19.1. The molecule has 2 heterocycles. The van der Waals surface area contributed by atoms with Crippen molar-refractivity contribution in [2.75, 3.05) is 13.2 Å². The molecule has 2 saturated heterocycles. The Morgan fingerprint density at radius 1 is 1.27 bits per heavy atom. The predicted octanol–water partition coefficient (Wildman–Crippen LogP) is 1.76. The van der Waals surface area contributed by atoms with Crippen molar-refractivity contribution < 1.29 is 27.5 Å². The van der Waals surface area contributed by atoms with E-state index in [1.165, 1.54) is 6.07 Å². The van der Waals surface area contributed by atoms with Gasteiger partial charge >= 0.3 is 12.1 Å². The summed E-state index contributed by atoms with van der Waals surface area (Å²) in [5, 5.41) is 7.79. The molecule has 10 heteroatoms. The fraction of sp³-hybridized carbons (Fsp3) is 0.500. The number of imide groups is 1. The molecule has 0 aliphatic carbocycles. The number of urea groups is 2. The predicted molar refractivity (Wildman–Crippen MR) is 84.7 cm³/mol. The largest absolute Gasteiger partial charge is 0.378 e. The Hall–Kier alpha value is -2.33. The fourth-order valence-electron chi connectivity index (χ4n) is 3.07. The fourth-order valence-corrected chi connectivity index (χ4v) is 3.07. The lowest BCUT2D eigenvalue weighted by atomic mass is 10.1. The number of ether oxygens (including phenoxy) is 1. The van der Waals surface area contributed by atoms with E-state index < -0.39 is 48.2 Å². The second-order valence-electron chi connectivity index (χ2n) is 6.20. The maximum absolute atomic E-state index is 14.0. The van der Waals surface area contributed by atoms with Gasteiger partial charge in [0, 0.05) is 24.3 Å². The number of carbonyl (C=O) groups excluding carboxylic acids is 2. The van der Waals surface area contributed by atoms with E-state index in [1.54, 1.807) is 6.92 Å². The second-order valence-corrected chi connectivity index (χ2v) is 6.20. The standard InChI is InChI=1S/C16H19F3N4O3/c1-8(10-3-2-9(17)6-11(10)18)20-14-21-15(24)23(16(25)22-14)13-4-5-26-7-12(13)19/h2-3,6,8,12-14,20H,4-5,7H2,1H3,(H,21,24)(H,22,25)/t8-,12+,13-/m0/s1. The zero-order valence-corrected chi connectivity index (χ0v) is 14.0. The zero-order chi connectivity index (χ0) is 18.8. The smallest absolute Gasteiger partial charge is 0.328 e. The van der Waals surface area contributed by atoms with Crippen molar-refractivity contribution in [3.8, 4) is 0 Å². The molecule has 0 radical (unpaired) electrons. The van der Waals surface area contributed by atoms with Gasteiger partial charge < -0.3 is 15.4 Å². The Morgan fingerprint density at radius 2 is 1.96 bits per heavy atom. The summed E-state index contributed by atoms with van der Waals surface area (Å²) in [6, 6.07) is 0.0843. The third kappa shape index (κ3) is 3.75. The number of carbonyl (C=O) groups is 2. The number of alkyl halides is 1. The van der Waals surface area contributed by atoms with Crippen LogP contribution in [0, 0.1) is 11.6 Å². The summed E-state index contributed by atoms with van der Waals surface area (Å²) >= 11 is 0. The van der Waals surface area contributed by atoms with Crippen molar-refractivity contribution in [1.29, 1.82) is 0 Å². The van der Waals surface area contributed by atoms with Gasteiger partial charge in [-0.05, 0) is 19.4 Å². The van der Waals surface area contributed by atoms with E-state index in [-0.39, 0.29) is 25.2 Å². The Morgan fingerprint density at radius 3 is 2.58 bits per heavy atom. The average Bonchev–Trinajstić information content (AvgIpc) is 2.55. The van der Waals surface area contributed by atoms with Crippen LogP contribution in [0.2, 0.25) is 0 Å². The molecule has 7 nitrogen and oxygen atoms in total. The molecule has 0 bridgehead atoms. The molecule has 0 saturated carbocycles. The van der Waals surface area contributed by atoms with Gasteiger partial charge in [-0.15, -0.1) is 0 Å². The molecule has 0 aromatic heterocycles. The number of halogens is 3. The second kappa shape index (κ2) is 7.50. The Kier molecular flexibility index (Phi) is 5.33. The van der Waals surface area contributed by atoms with Gasteiger partial charge in [0.25, 0.3) is 0 Å². The van der Waals surface area contributed by atoms with E-state index in [9.17, 15) is 22.8 Å². The maximum Gasteiger partial charge on any atom is 0.328 e. The van der Waals surface area contributed by atoms with Gasteiger partial charge in [-0.3, -0.25) is 5.32 Å². The van der Waals surface area contributed by atoms with Crippen LogP contribution in [0.4, 0.5) is 22.8 Å². The van der Waals surface area contributed by atoms with Crippen LogP contribution < -0.4 is 16.0 Å². The first-order chi connectivity index (χ1) is 12.4. The highest BCUT2D eigenvalue weighted by Crippen LogP contribution is 2.21. The van der Waals surface area contributed by atoms with Crippen molar-refractivity contribution in [2.45, 2.75) is 37.9 Å². The van der Waals surface area contributed by atoms with E-state index in [1.807, 2.05) is 0 Å². The zero-order valence-electron chi connectivity index (χ0n) is 14.0. The molecule has 3 rings (SSSR count). The molecular weight excluding hydrogens is 353 g/mol. The van der Waals surface area contributed by atoms with Crippen molar-refractivity contribution >= 4 is 12.1 Å². The highest BCUT2D eigenvalue weighted by Gasteiger charge is 2.41. The number of hydrogen-bond donors (Lipinski definition) is 3. The van der Waals surface area contributed by atoms with Crippen LogP contribution in [0.25, 0.3) is 0 Å². The molecule has 4 amide bonds. The van der Waals surface area contributed by atoms with Gasteiger partial charge in [-0.1, -0.05) is 6.07 Å². The number of nitrogens with one attached hydrogen (secondary N) is 3. The average molecular weight is 372 g/mol. The first-order valence-electron chi connectivity index (χ1n) is 8.20. The monoisotopic (exact) mass is 372 g/mol. The van der Waals surface area contributed by atoms with Crippen LogP contribution in [0.1, 0.15) is 24.9 Å². The normalized spacial score (nSPS) is 25.6. The SMILES string of the molecule is C[C@H](NC1NC(=O)N([C@H]2CCOC[C@H]2F)C(=O)N1)c1ccc(F)cc1F. The molecule has 26 heavy (non-hydrogen) atoms. The Balaban J connectivity index is 1.65. The van der Waals surface area contributed by atoms with Crippen LogP contribution in [0.15, 0.2) is 18.2 Å². The third-order valence-corrected chi connectivity index (χ3v) is 4.40. The van der Waals surface area contributed by atoms with Crippen LogP contribution in [0.5, 0.6) is 0 Å². The van der Waals surface area contributed by atoms with Crippen LogP contribution in [-0.2, 0) is 4.74 Å². The van der Waals surface area contributed by atoms with E-state index >= 15 is 0 Å². The minimum absolute atomic E-state index is 0.172. The topological polar surface area (TPSA) is 82.7 Å². The summed E-state index contributed by atoms with van der Waals surface area (Å²) in [7, 11) is 0. The molecule has 3 atom stereocenters. The minimum Gasteiger partial charge on any atom is -0.378 e. The molecule has 0 unspecified atom stereocenters.